The Balaban J connectivity index is 1.97. The molecule has 0 aromatic heterocycles. The number of carbonyl (C=O) groups excluding carboxylic acids is 1. The third kappa shape index (κ3) is 4.98. The summed E-state index contributed by atoms with van der Waals surface area (Å²) in [5.41, 5.74) is 2.01. The lowest BCUT2D eigenvalue weighted by molar-refractivity contribution is -0.137. The minimum Gasteiger partial charge on any atom is -0.496 e. The molecule has 0 saturated carbocycles. The molecule has 126 valence electrons. The Morgan fingerprint density at radius 3 is 2.87 bits per heavy atom. The number of hydrogen-bond donors (Lipinski definition) is 1. The van der Waals surface area contributed by atoms with E-state index in [0.29, 0.717) is 25.3 Å². The van der Waals surface area contributed by atoms with E-state index in [2.05, 4.69) is 0 Å². The molecule has 5 nitrogen and oxygen atoms in total. The predicted octanol–water partition coefficient (Wildman–Crippen LogP) is 2.65. The molecule has 2 rings (SSSR count). The van der Waals surface area contributed by atoms with Crippen LogP contribution in [0.25, 0.3) is 0 Å². The topological polar surface area (TPSA) is 66.8 Å². The number of hydrogen-bond acceptors (Lipinski definition) is 3. The normalized spacial score (nSPS) is 17.8. The van der Waals surface area contributed by atoms with Crippen molar-refractivity contribution in [3.8, 4) is 5.75 Å². The number of benzene rings is 1. The van der Waals surface area contributed by atoms with E-state index in [4.69, 9.17) is 9.84 Å². The fourth-order valence-corrected chi connectivity index (χ4v) is 3.18. The second kappa shape index (κ2) is 7.99. The highest BCUT2D eigenvalue weighted by atomic mass is 16.5. The molecular formula is C18H25NO4. The molecule has 1 aliphatic heterocycles. The molecule has 1 heterocycles. The first kappa shape index (κ1) is 17.3. The molecule has 0 radical (unpaired) electrons. The van der Waals surface area contributed by atoms with Crippen molar-refractivity contribution in [3.05, 3.63) is 29.3 Å². The van der Waals surface area contributed by atoms with Gasteiger partial charge < -0.3 is 14.7 Å². The van der Waals surface area contributed by atoms with Gasteiger partial charge in [-0.2, -0.15) is 0 Å². The van der Waals surface area contributed by atoms with E-state index in [-0.39, 0.29) is 12.3 Å². The first-order valence-corrected chi connectivity index (χ1v) is 8.12. The van der Waals surface area contributed by atoms with Crippen LogP contribution in [0.5, 0.6) is 5.75 Å². The van der Waals surface area contributed by atoms with Gasteiger partial charge in [0, 0.05) is 25.1 Å². The summed E-state index contributed by atoms with van der Waals surface area (Å²) in [6.45, 7) is 3.42. The summed E-state index contributed by atoms with van der Waals surface area (Å²) in [5.74, 6) is 0.360. The van der Waals surface area contributed by atoms with E-state index in [1.165, 1.54) is 0 Å². The molecule has 1 N–H and O–H groups in total. The average Bonchev–Trinajstić information content (AvgIpc) is 2.53. The van der Waals surface area contributed by atoms with Crippen molar-refractivity contribution in [1.82, 2.24) is 4.90 Å². The van der Waals surface area contributed by atoms with Gasteiger partial charge in [0.1, 0.15) is 5.75 Å². The number of likely N-dealkylation sites (tertiary alicyclic amines) is 1. The molecule has 0 spiro atoms. The molecule has 1 aliphatic rings. The summed E-state index contributed by atoms with van der Waals surface area (Å²) in [7, 11) is 1.61. The second-order valence-electron chi connectivity index (χ2n) is 6.27. The van der Waals surface area contributed by atoms with E-state index < -0.39 is 5.97 Å². The summed E-state index contributed by atoms with van der Waals surface area (Å²) in [4.78, 5) is 25.2. The number of aliphatic carboxylic acids is 1. The molecule has 1 amide bonds. The van der Waals surface area contributed by atoms with E-state index in [9.17, 15) is 9.59 Å². The van der Waals surface area contributed by atoms with Crippen LogP contribution in [0.4, 0.5) is 0 Å². The van der Waals surface area contributed by atoms with Crippen LogP contribution in [-0.2, 0) is 16.0 Å². The van der Waals surface area contributed by atoms with Crippen LogP contribution in [-0.4, -0.2) is 42.1 Å². The Morgan fingerprint density at radius 1 is 1.39 bits per heavy atom. The lowest BCUT2D eigenvalue weighted by Gasteiger charge is -2.33. The maximum Gasteiger partial charge on any atom is 0.303 e. The maximum absolute atomic E-state index is 12.6. The van der Waals surface area contributed by atoms with Gasteiger partial charge in [0.25, 0.3) is 0 Å². The first-order valence-electron chi connectivity index (χ1n) is 8.12. The number of methoxy groups -OCH3 is 1. The van der Waals surface area contributed by atoms with Crippen LogP contribution in [0.2, 0.25) is 0 Å². The lowest BCUT2D eigenvalue weighted by atomic mass is 9.93. The Morgan fingerprint density at radius 2 is 2.17 bits per heavy atom. The van der Waals surface area contributed by atoms with Gasteiger partial charge in [0.05, 0.1) is 13.5 Å². The average molecular weight is 319 g/mol. The van der Waals surface area contributed by atoms with Crippen LogP contribution >= 0.6 is 0 Å². The number of nitrogens with zero attached hydrogens (tertiary/aromatic N) is 1. The Kier molecular flexibility index (Phi) is 6.02. The monoisotopic (exact) mass is 319 g/mol. The van der Waals surface area contributed by atoms with Crippen molar-refractivity contribution in [1.29, 1.82) is 0 Å². The SMILES string of the molecule is COc1ccc(C)cc1CC(=O)N1CCCC(CCC(=O)O)C1. The second-order valence-corrected chi connectivity index (χ2v) is 6.27. The fraction of sp³-hybridized carbons (Fsp3) is 0.556. The summed E-state index contributed by atoms with van der Waals surface area (Å²) >= 11 is 0. The van der Waals surface area contributed by atoms with Crippen molar-refractivity contribution >= 4 is 11.9 Å². The zero-order valence-corrected chi connectivity index (χ0v) is 13.9. The van der Waals surface area contributed by atoms with Gasteiger partial charge in [-0.3, -0.25) is 9.59 Å². The Hall–Kier alpha value is -2.04. The van der Waals surface area contributed by atoms with E-state index in [1.807, 2.05) is 30.0 Å². The van der Waals surface area contributed by atoms with Crippen molar-refractivity contribution in [2.45, 2.75) is 39.0 Å². The molecule has 1 aromatic rings. The third-order valence-electron chi connectivity index (χ3n) is 4.42. The van der Waals surface area contributed by atoms with Crippen LogP contribution in [0, 0.1) is 12.8 Å². The number of aryl methyl sites for hydroxylation is 1. The minimum atomic E-state index is -0.766. The van der Waals surface area contributed by atoms with Crippen molar-refractivity contribution in [3.63, 3.8) is 0 Å². The van der Waals surface area contributed by atoms with Crippen LogP contribution in [0.1, 0.15) is 36.8 Å². The standard InChI is InChI=1S/C18H25NO4/c1-13-5-7-16(23-2)15(10-13)11-17(20)19-9-3-4-14(12-19)6-8-18(21)22/h5,7,10,14H,3-4,6,8-9,11-12H2,1-2H3,(H,21,22). The van der Waals surface area contributed by atoms with Crippen LogP contribution in [0.3, 0.4) is 0 Å². The number of piperidine rings is 1. The van der Waals surface area contributed by atoms with Gasteiger partial charge >= 0.3 is 5.97 Å². The van der Waals surface area contributed by atoms with E-state index >= 15 is 0 Å². The molecule has 23 heavy (non-hydrogen) atoms. The van der Waals surface area contributed by atoms with Gasteiger partial charge in [-0.1, -0.05) is 17.7 Å². The highest BCUT2D eigenvalue weighted by molar-refractivity contribution is 5.79. The summed E-state index contributed by atoms with van der Waals surface area (Å²) in [6, 6.07) is 5.85. The van der Waals surface area contributed by atoms with Gasteiger partial charge in [-0.15, -0.1) is 0 Å². The minimum absolute atomic E-state index is 0.0916. The van der Waals surface area contributed by atoms with Gasteiger partial charge in [-0.25, -0.2) is 0 Å². The molecule has 1 unspecified atom stereocenters. The largest absolute Gasteiger partial charge is 0.496 e. The molecular weight excluding hydrogens is 294 g/mol. The Bertz CT molecular complexity index is 570. The quantitative estimate of drug-likeness (QED) is 0.875. The molecule has 1 saturated heterocycles. The van der Waals surface area contributed by atoms with Gasteiger partial charge in [-0.05, 0) is 38.2 Å². The molecule has 1 atom stereocenters. The van der Waals surface area contributed by atoms with Crippen LogP contribution < -0.4 is 4.74 Å². The molecule has 5 heteroatoms. The van der Waals surface area contributed by atoms with E-state index in [0.717, 1.165) is 36.3 Å². The van der Waals surface area contributed by atoms with Crippen molar-refractivity contribution in [2.75, 3.05) is 20.2 Å². The molecule has 0 bridgehead atoms. The number of amides is 1. The molecule has 1 aromatic carbocycles. The van der Waals surface area contributed by atoms with Gasteiger partial charge in [0.2, 0.25) is 5.91 Å². The number of rotatable bonds is 6. The van der Waals surface area contributed by atoms with Crippen molar-refractivity contribution < 1.29 is 19.4 Å². The van der Waals surface area contributed by atoms with Crippen LogP contribution in [0.15, 0.2) is 18.2 Å². The number of carboxylic acids is 1. The highest BCUT2D eigenvalue weighted by Crippen LogP contribution is 2.24. The first-order chi connectivity index (χ1) is 11.0. The summed E-state index contributed by atoms with van der Waals surface area (Å²) < 4.78 is 5.34. The summed E-state index contributed by atoms with van der Waals surface area (Å²) in [5, 5.41) is 8.80. The number of carbonyl (C=O) groups is 2. The zero-order valence-electron chi connectivity index (χ0n) is 13.9. The smallest absolute Gasteiger partial charge is 0.303 e. The zero-order chi connectivity index (χ0) is 16.8. The molecule has 0 aliphatic carbocycles. The van der Waals surface area contributed by atoms with E-state index in [1.54, 1.807) is 7.11 Å². The molecule has 1 fully saturated rings. The number of carboxylic acid groups (broad SMARTS) is 1. The number of ether oxygens (including phenoxy) is 1. The fourth-order valence-electron chi connectivity index (χ4n) is 3.18. The summed E-state index contributed by atoms with van der Waals surface area (Å²) in [6.07, 6.45) is 3.10. The maximum atomic E-state index is 12.6. The van der Waals surface area contributed by atoms with Crippen molar-refractivity contribution in [2.24, 2.45) is 5.92 Å². The third-order valence-corrected chi connectivity index (χ3v) is 4.42. The van der Waals surface area contributed by atoms with Gasteiger partial charge in [0.15, 0.2) is 0 Å². The lowest BCUT2D eigenvalue weighted by Crippen LogP contribution is -2.40. The highest BCUT2D eigenvalue weighted by Gasteiger charge is 2.24. The predicted molar refractivity (Wildman–Crippen MR) is 87.6 cm³/mol. The Labute approximate surface area is 137 Å².